The van der Waals surface area contributed by atoms with Crippen molar-refractivity contribution in [2.75, 3.05) is 0 Å². The molecule has 2 unspecified atom stereocenters. The van der Waals surface area contributed by atoms with E-state index in [1.165, 1.54) is 0 Å². The highest BCUT2D eigenvalue weighted by molar-refractivity contribution is 5.74. The zero-order chi connectivity index (χ0) is 12.8. The average Bonchev–Trinajstić information content (AvgIpc) is 2.94. The first-order valence-corrected chi connectivity index (χ1v) is 5.88. The lowest BCUT2D eigenvalue weighted by molar-refractivity contribution is -0.138. The van der Waals surface area contributed by atoms with Crippen LogP contribution in [0.2, 0.25) is 0 Å². The molecule has 0 bridgehead atoms. The largest absolute Gasteiger partial charge is 0.481 e. The summed E-state index contributed by atoms with van der Waals surface area (Å²) in [5, 5.41) is 8.93. The van der Waals surface area contributed by atoms with Crippen LogP contribution < -0.4 is 0 Å². The number of aryl methyl sites for hydroxylation is 1. The zero-order valence-corrected chi connectivity index (χ0v) is 10.7. The van der Waals surface area contributed by atoms with Crippen LogP contribution >= 0.6 is 0 Å². The summed E-state index contributed by atoms with van der Waals surface area (Å²) >= 11 is 0. The molecule has 0 spiro atoms. The van der Waals surface area contributed by atoms with Gasteiger partial charge in [-0.1, -0.05) is 20.8 Å². The van der Waals surface area contributed by atoms with Crippen molar-refractivity contribution in [1.29, 1.82) is 0 Å². The van der Waals surface area contributed by atoms with Crippen LogP contribution in [0, 0.1) is 12.8 Å². The van der Waals surface area contributed by atoms with E-state index in [0.717, 1.165) is 11.4 Å². The minimum atomic E-state index is -0.739. The Kier molecular flexibility index (Phi) is 2.68. The molecule has 1 aliphatic carbocycles. The van der Waals surface area contributed by atoms with Crippen molar-refractivity contribution >= 4 is 5.97 Å². The first kappa shape index (κ1) is 12.0. The van der Waals surface area contributed by atoms with Crippen molar-refractivity contribution < 1.29 is 9.90 Å². The first-order chi connectivity index (χ1) is 7.79. The maximum absolute atomic E-state index is 10.9. The Bertz CT molecular complexity index is 463. The quantitative estimate of drug-likeness (QED) is 0.852. The fraction of sp³-hybridized carbons (Fsp3) is 0.615. The van der Waals surface area contributed by atoms with Crippen molar-refractivity contribution in [3.8, 4) is 0 Å². The van der Waals surface area contributed by atoms with Crippen molar-refractivity contribution in [2.45, 2.75) is 45.4 Å². The fourth-order valence-electron chi connectivity index (χ4n) is 1.89. The van der Waals surface area contributed by atoms with Gasteiger partial charge in [0.05, 0.1) is 5.92 Å². The van der Waals surface area contributed by atoms with Crippen molar-refractivity contribution in [3.05, 3.63) is 23.3 Å². The van der Waals surface area contributed by atoms with Crippen LogP contribution in [0.4, 0.5) is 0 Å². The molecule has 0 saturated heterocycles. The summed E-state index contributed by atoms with van der Waals surface area (Å²) in [7, 11) is 0. The van der Waals surface area contributed by atoms with Gasteiger partial charge in [-0.2, -0.15) is 0 Å². The van der Waals surface area contributed by atoms with Crippen LogP contribution in [0.15, 0.2) is 6.07 Å². The number of aromatic nitrogens is 2. The molecule has 1 aliphatic rings. The van der Waals surface area contributed by atoms with Crippen molar-refractivity contribution in [3.63, 3.8) is 0 Å². The number of carboxylic acids is 1. The highest BCUT2D eigenvalue weighted by atomic mass is 16.4. The van der Waals surface area contributed by atoms with Gasteiger partial charge in [-0.25, -0.2) is 9.97 Å². The lowest BCUT2D eigenvalue weighted by atomic mass is 9.91. The molecule has 0 amide bonds. The molecule has 4 nitrogen and oxygen atoms in total. The molecule has 1 fully saturated rings. The van der Waals surface area contributed by atoms with E-state index in [1.807, 2.05) is 13.0 Å². The van der Waals surface area contributed by atoms with Crippen LogP contribution in [0.1, 0.15) is 50.3 Å². The van der Waals surface area contributed by atoms with Crippen LogP contribution in [0.5, 0.6) is 0 Å². The predicted octanol–water partition coefficient (Wildman–Crippen LogP) is 2.27. The molecule has 2 rings (SSSR count). The number of rotatable bonds is 2. The molecule has 2 atom stereocenters. The third kappa shape index (κ3) is 2.46. The van der Waals surface area contributed by atoms with E-state index in [-0.39, 0.29) is 17.3 Å². The maximum atomic E-state index is 10.9. The van der Waals surface area contributed by atoms with E-state index in [9.17, 15) is 4.79 Å². The Morgan fingerprint density at radius 2 is 2.06 bits per heavy atom. The summed E-state index contributed by atoms with van der Waals surface area (Å²) < 4.78 is 0. The Morgan fingerprint density at radius 1 is 1.41 bits per heavy atom. The average molecular weight is 234 g/mol. The van der Waals surface area contributed by atoms with Gasteiger partial charge in [0.2, 0.25) is 0 Å². The molecule has 1 aromatic heterocycles. The highest BCUT2D eigenvalue weighted by Gasteiger charge is 2.46. The number of carboxylic acid groups (broad SMARTS) is 1. The van der Waals surface area contributed by atoms with Gasteiger partial charge < -0.3 is 5.11 Å². The summed E-state index contributed by atoms with van der Waals surface area (Å²) in [4.78, 5) is 19.7. The van der Waals surface area contributed by atoms with Crippen LogP contribution in [0.25, 0.3) is 0 Å². The molecule has 0 aromatic carbocycles. The van der Waals surface area contributed by atoms with E-state index in [2.05, 4.69) is 30.7 Å². The van der Waals surface area contributed by atoms with Crippen LogP contribution in [-0.2, 0) is 10.2 Å². The minimum absolute atomic E-state index is 0.00787. The van der Waals surface area contributed by atoms with Gasteiger partial charge in [0.1, 0.15) is 5.82 Å². The third-order valence-electron chi connectivity index (χ3n) is 3.08. The third-order valence-corrected chi connectivity index (χ3v) is 3.08. The monoisotopic (exact) mass is 234 g/mol. The van der Waals surface area contributed by atoms with Crippen LogP contribution in [0.3, 0.4) is 0 Å². The van der Waals surface area contributed by atoms with Gasteiger partial charge in [0.15, 0.2) is 0 Å². The summed E-state index contributed by atoms with van der Waals surface area (Å²) in [6.07, 6.45) is 0.669. The SMILES string of the molecule is Cc1cc(C(C)(C)C)nc(C2CC2C(=O)O)n1. The lowest BCUT2D eigenvalue weighted by Gasteiger charge is -2.18. The summed E-state index contributed by atoms with van der Waals surface area (Å²) in [6, 6.07) is 1.97. The summed E-state index contributed by atoms with van der Waals surface area (Å²) in [5.41, 5.74) is 1.86. The normalized spacial score (nSPS) is 23.5. The van der Waals surface area contributed by atoms with E-state index in [0.29, 0.717) is 12.2 Å². The predicted molar refractivity (Wildman–Crippen MR) is 64.0 cm³/mol. The molecule has 1 heterocycles. The van der Waals surface area contributed by atoms with Crippen molar-refractivity contribution in [2.24, 2.45) is 5.92 Å². The van der Waals surface area contributed by atoms with Gasteiger partial charge in [-0.3, -0.25) is 4.79 Å². The van der Waals surface area contributed by atoms with Gasteiger partial charge in [-0.05, 0) is 19.4 Å². The van der Waals surface area contributed by atoms with E-state index >= 15 is 0 Å². The molecule has 0 radical (unpaired) electrons. The Labute approximate surface area is 101 Å². The molecular weight excluding hydrogens is 216 g/mol. The lowest BCUT2D eigenvalue weighted by Crippen LogP contribution is -2.16. The van der Waals surface area contributed by atoms with E-state index < -0.39 is 5.97 Å². The Morgan fingerprint density at radius 3 is 2.53 bits per heavy atom. The summed E-state index contributed by atoms with van der Waals surface area (Å²) in [6.45, 7) is 8.22. The molecule has 1 N–H and O–H groups in total. The highest BCUT2D eigenvalue weighted by Crippen LogP contribution is 2.46. The second-order valence-electron chi connectivity index (χ2n) is 5.79. The second kappa shape index (κ2) is 3.79. The van der Waals surface area contributed by atoms with E-state index in [4.69, 9.17) is 5.11 Å². The van der Waals surface area contributed by atoms with Crippen molar-refractivity contribution in [1.82, 2.24) is 9.97 Å². The fourth-order valence-corrected chi connectivity index (χ4v) is 1.89. The molecule has 0 aliphatic heterocycles. The zero-order valence-electron chi connectivity index (χ0n) is 10.7. The van der Waals surface area contributed by atoms with Crippen LogP contribution in [-0.4, -0.2) is 21.0 Å². The molecule has 1 aromatic rings. The molecule has 92 valence electrons. The minimum Gasteiger partial charge on any atom is -0.481 e. The number of hydrogen-bond acceptors (Lipinski definition) is 3. The number of aliphatic carboxylic acids is 1. The second-order valence-corrected chi connectivity index (χ2v) is 5.79. The first-order valence-electron chi connectivity index (χ1n) is 5.88. The number of nitrogens with zero attached hydrogens (tertiary/aromatic N) is 2. The van der Waals surface area contributed by atoms with Gasteiger partial charge in [-0.15, -0.1) is 0 Å². The maximum Gasteiger partial charge on any atom is 0.307 e. The molecular formula is C13H18N2O2. The molecule has 1 saturated carbocycles. The van der Waals surface area contributed by atoms with Gasteiger partial charge in [0.25, 0.3) is 0 Å². The molecule has 17 heavy (non-hydrogen) atoms. The number of carbonyl (C=O) groups is 1. The topological polar surface area (TPSA) is 63.1 Å². The smallest absolute Gasteiger partial charge is 0.307 e. The summed E-state index contributed by atoms with van der Waals surface area (Å²) in [5.74, 6) is -0.321. The Hall–Kier alpha value is -1.45. The molecule has 4 heteroatoms. The standard InChI is InChI=1S/C13H18N2O2/c1-7-5-10(13(2,3)4)15-11(14-7)8-6-9(8)12(16)17/h5,8-9H,6H2,1-4H3,(H,16,17). The Balaban J connectivity index is 2.31. The van der Waals surface area contributed by atoms with Gasteiger partial charge in [0, 0.05) is 22.7 Å². The number of hydrogen-bond donors (Lipinski definition) is 1. The van der Waals surface area contributed by atoms with Gasteiger partial charge >= 0.3 is 5.97 Å². The van der Waals surface area contributed by atoms with E-state index in [1.54, 1.807) is 0 Å².